The molecule has 96 valence electrons. The highest BCUT2D eigenvalue weighted by molar-refractivity contribution is 5.84. The highest BCUT2D eigenvalue weighted by Crippen LogP contribution is 2.31. The summed E-state index contributed by atoms with van der Waals surface area (Å²) in [6.07, 6.45) is 4.86. The second kappa shape index (κ2) is 4.75. The first kappa shape index (κ1) is 11.8. The molecule has 0 bridgehead atoms. The summed E-state index contributed by atoms with van der Waals surface area (Å²) in [5.41, 5.74) is 8.72. The first-order valence-corrected chi connectivity index (χ1v) is 6.79. The van der Waals surface area contributed by atoms with E-state index in [4.69, 9.17) is 5.73 Å². The van der Waals surface area contributed by atoms with Gasteiger partial charge in [-0.1, -0.05) is 18.2 Å². The van der Waals surface area contributed by atoms with Gasteiger partial charge in [0.2, 0.25) is 0 Å². The fourth-order valence-electron chi connectivity index (χ4n) is 3.16. The number of aromatic nitrogens is 1. The van der Waals surface area contributed by atoms with Crippen LogP contribution >= 0.6 is 0 Å². The van der Waals surface area contributed by atoms with Crippen LogP contribution in [0.2, 0.25) is 0 Å². The van der Waals surface area contributed by atoms with E-state index in [1.54, 1.807) is 0 Å². The number of aryl methyl sites for hydroxylation is 1. The second-order valence-electron chi connectivity index (χ2n) is 5.21. The fraction of sp³-hybridized carbons (Fsp3) is 0.467. The largest absolute Gasteiger partial charge is 0.350 e. The first-order chi connectivity index (χ1) is 8.81. The Balaban J connectivity index is 2.06. The number of hydrogen-bond acceptors (Lipinski definition) is 2. The molecule has 18 heavy (non-hydrogen) atoms. The van der Waals surface area contributed by atoms with E-state index in [9.17, 15) is 0 Å². The maximum Gasteiger partial charge on any atom is 0.0491 e. The minimum atomic E-state index is 0.374. The molecule has 3 heteroatoms. The number of para-hydroxylation sites is 1. The van der Waals surface area contributed by atoms with Gasteiger partial charge in [0.05, 0.1) is 0 Å². The summed E-state index contributed by atoms with van der Waals surface area (Å²) in [7, 11) is 2.11. The number of benzene rings is 1. The van der Waals surface area contributed by atoms with Gasteiger partial charge in [-0.3, -0.25) is 4.90 Å². The SMILES string of the molecule is Cn1cc(C(CN)N2CCCC2)c2ccccc21. The van der Waals surface area contributed by atoms with Crippen LogP contribution in [-0.2, 0) is 7.05 Å². The molecule has 3 rings (SSSR count). The smallest absolute Gasteiger partial charge is 0.0491 e. The van der Waals surface area contributed by atoms with Crippen molar-refractivity contribution in [1.82, 2.24) is 9.47 Å². The van der Waals surface area contributed by atoms with Crippen molar-refractivity contribution in [2.24, 2.45) is 12.8 Å². The van der Waals surface area contributed by atoms with E-state index in [1.165, 1.54) is 42.4 Å². The molecule has 0 aliphatic carbocycles. The molecule has 1 aromatic heterocycles. The number of rotatable bonds is 3. The summed E-state index contributed by atoms with van der Waals surface area (Å²) >= 11 is 0. The predicted octanol–water partition coefficient (Wildman–Crippen LogP) is 2.27. The van der Waals surface area contributed by atoms with Gasteiger partial charge in [-0.05, 0) is 37.6 Å². The molecular formula is C15H21N3. The van der Waals surface area contributed by atoms with E-state index >= 15 is 0 Å². The lowest BCUT2D eigenvalue weighted by Crippen LogP contribution is -2.31. The lowest BCUT2D eigenvalue weighted by Gasteiger charge is -2.26. The Morgan fingerprint density at radius 3 is 2.67 bits per heavy atom. The fourth-order valence-corrected chi connectivity index (χ4v) is 3.16. The van der Waals surface area contributed by atoms with Gasteiger partial charge in [-0.2, -0.15) is 0 Å². The van der Waals surface area contributed by atoms with Crippen LogP contribution in [-0.4, -0.2) is 29.1 Å². The van der Waals surface area contributed by atoms with Gasteiger partial charge in [-0.25, -0.2) is 0 Å². The minimum Gasteiger partial charge on any atom is -0.350 e. The highest BCUT2D eigenvalue weighted by atomic mass is 15.2. The average Bonchev–Trinajstić information content (AvgIpc) is 3.01. The topological polar surface area (TPSA) is 34.2 Å². The summed E-state index contributed by atoms with van der Waals surface area (Å²) in [4.78, 5) is 2.53. The zero-order chi connectivity index (χ0) is 12.5. The van der Waals surface area contributed by atoms with Gasteiger partial charge >= 0.3 is 0 Å². The van der Waals surface area contributed by atoms with Crippen molar-refractivity contribution >= 4 is 10.9 Å². The number of likely N-dealkylation sites (tertiary alicyclic amines) is 1. The Labute approximate surface area is 108 Å². The van der Waals surface area contributed by atoms with Gasteiger partial charge < -0.3 is 10.3 Å². The zero-order valence-corrected chi connectivity index (χ0v) is 11.0. The first-order valence-electron chi connectivity index (χ1n) is 6.79. The molecule has 2 aromatic rings. The molecule has 1 unspecified atom stereocenters. The minimum absolute atomic E-state index is 0.374. The molecule has 1 saturated heterocycles. The summed E-state index contributed by atoms with van der Waals surface area (Å²) in [6, 6.07) is 8.97. The molecule has 0 saturated carbocycles. The standard InChI is InChI=1S/C15H21N3/c1-17-11-13(12-6-2-3-7-14(12)17)15(10-16)18-8-4-5-9-18/h2-3,6-7,11,15H,4-5,8-10,16H2,1H3. The molecule has 1 atom stereocenters. The third kappa shape index (κ3) is 1.84. The van der Waals surface area contributed by atoms with Crippen LogP contribution in [0.1, 0.15) is 24.4 Å². The van der Waals surface area contributed by atoms with Crippen LogP contribution < -0.4 is 5.73 Å². The maximum absolute atomic E-state index is 6.03. The Morgan fingerprint density at radius 2 is 1.94 bits per heavy atom. The van der Waals surface area contributed by atoms with E-state index in [2.05, 4.69) is 47.0 Å². The van der Waals surface area contributed by atoms with Gasteiger partial charge in [0.25, 0.3) is 0 Å². The molecule has 3 nitrogen and oxygen atoms in total. The molecular weight excluding hydrogens is 222 g/mol. The number of fused-ring (bicyclic) bond motifs is 1. The summed E-state index contributed by atoms with van der Waals surface area (Å²) in [6.45, 7) is 3.07. The van der Waals surface area contributed by atoms with Gasteiger partial charge in [0.1, 0.15) is 0 Å². The summed E-state index contributed by atoms with van der Waals surface area (Å²) < 4.78 is 2.21. The van der Waals surface area contributed by atoms with E-state index in [0.717, 1.165) is 0 Å². The molecule has 2 N–H and O–H groups in total. The molecule has 0 radical (unpaired) electrons. The number of nitrogens with zero attached hydrogens (tertiary/aromatic N) is 2. The van der Waals surface area contributed by atoms with Gasteiger partial charge in [0, 0.05) is 36.7 Å². The van der Waals surface area contributed by atoms with Crippen molar-refractivity contribution in [2.75, 3.05) is 19.6 Å². The van der Waals surface area contributed by atoms with Gasteiger partial charge in [-0.15, -0.1) is 0 Å². The molecule has 0 amide bonds. The Bertz CT molecular complexity index is 538. The monoisotopic (exact) mass is 243 g/mol. The van der Waals surface area contributed by atoms with Crippen LogP contribution in [0.4, 0.5) is 0 Å². The predicted molar refractivity (Wildman–Crippen MR) is 75.5 cm³/mol. The maximum atomic E-state index is 6.03. The number of nitrogens with two attached hydrogens (primary N) is 1. The molecule has 0 spiro atoms. The quantitative estimate of drug-likeness (QED) is 0.897. The van der Waals surface area contributed by atoms with E-state index in [1.807, 2.05) is 0 Å². The summed E-state index contributed by atoms with van der Waals surface area (Å²) in [5, 5.41) is 1.35. The van der Waals surface area contributed by atoms with Crippen LogP contribution in [0.5, 0.6) is 0 Å². The van der Waals surface area contributed by atoms with Crippen molar-refractivity contribution in [3.63, 3.8) is 0 Å². The van der Waals surface area contributed by atoms with Crippen LogP contribution in [0.25, 0.3) is 10.9 Å². The lowest BCUT2D eigenvalue weighted by atomic mass is 10.0. The molecule has 1 aromatic carbocycles. The summed E-state index contributed by atoms with van der Waals surface area (Å²) in [5.74, 6) is 0. The Kier molecular flexibility index (Phi) is 3.10. The van der Waals surface area contributed by atoms with Crippen molar-refractivity contribution in [3.8, 4) is 0 Å². The lowest BCUT2D eigenvalue weighted by molar-refractivity contribution is 0.252. The van der Waals surface area contributed by atoms with Crippen LogP contribution in [0.3, 0.4) is 0 Å². The van der Waals surface area contributed by atoms with E-state index in [0.29, 0.717) is 12.6 Å². The second-order valence-corrected chi connectivity index (χ2v) is 5.21. The van der Waals surface area contributed by atoms with Crippen LogP contribution in [0.15, 0.2) is 30.5 Å². The van der Waals surface area contributed by atoms with E-state index < -0.39 is 0 Å². The Morgan fingerprint density at radius 1 is 1.22 bits per heavy atom. The highest BCUT2D eigenvalue weighted by Gasteiger charge is 2.24. The third-order valence-corrected chi connectivity index (χ3v) is 4.09. The molecule has 1 fully saturated rings. The third-order valence-electron chi connectivity index (χ3n) is 4.09. The average molecular weight is 243 g/mol. The van der Waals surface area contributed by atoms with Crippen molar-refractivity contribution in [2.45, 2.75) is 18.9 Å². The normalized spacial score (nSPS) is 18.6. The Hall–Kier alpha value is -1.32. The van der Waals surface area contributed by atoms with E-state index in [-0.39, 0.29) is 0 Å². The zero-order valence-electron chi connectivity index (χ0n) is 11.0. The molecule has 1 aliphatic rings. The van der Waals surface area contributed by atoms with Crippen molar-refractivity contribution in [1.29, 1.82) is 0 Å². The van der Waals surface area contributed by atoms with Crippen LogP contribution in [0, 0.1) is 0 Å². The number of hydrogen-bond donors (Lipinski definition) is 1. The molecule has 1 aliphatic heterocycles. The van der Waals surface area contributed by atoms with Gasteiger partial charge in [0.15, 0.2) is 0 Å². The van der Waals surface area contributed by atoms with Crippen molar-refractivity contribution < 1.29 is 0 Å². The van der Waals surface area contributed by atoms with Crippen molar-refractivity contribution in [3.05, 3.63) is 36.0 Å². The molecule has 2 heterocycles.